The maximum Gasteiger partial charge on any atom is 0.410 e. The zero-order chi connectivity index (χ0) is 19.9. The summed E-state index contributed by atoms with van der Waals surface area (Å²) < 4.78 is 5.60. The fourth-order valence-corrected chi connectivity index (χ4v) is 3.38. The number of nitro benzene ring substituents is 1. The standard InChI is InChI=1S/C21H25N3O4/c1-2-23-13-12-20(28-21(23)25)16-22(14-17-6-4-3-5-7-17)15-18-8-10-19(11-9-18)24(26)27/h3-11,20H,2,12-16H2,1H3/t20-/m0/s1. The van der Waals surface area contributed by atoms with E-state index in [1.807, 2.05) is 25.1 Å². The number of rotatable bonds is 8. The summed E-state index contributed by atoms with van der Waals surface area (Å²) in [6.07, 6.45) is 0.385. The van der Waals surface area contributed by atoms with Gasteiger partial charge >= 0.3 is 6.09 Å². The van der Waals surface area contributed by atoms with Crippen LogP contribution >= 0.6 is 0 Å². The Morgan fingerprint density at radius 2 is 1.75 bits per heavy atom. The molecule has 1 amide bonds. The number of carbonyl (C=O) groups excluding carboxylic acids is 1. The van der Waals surface area contributed by atoms with Gasteiger partial charge in [-0.15, -0.1) is 0 Å². The Hall–Kier alpha value is -2.93. The van der Waals surface area contributed by atoms with Crippen molar-refractivity contribution in [3.63, 3.8) is 0 Å². The van der Waals surface area contributed by atoms with Gasteiger partial charge in [0.2, 0.25) is 0 Å². The van der Waals surface area contributed by atoms with Crippen molar-refractivity contribution in [2.45, 2.75) is 32.5 Å². The molecule has 0 unspecified atom stereocenters. The van der Waals surface area contributed by atoms with Crippen LogP contribution in [0.3, 0.4) is 0 Å². The second kappa shape index (κ2) is 9.32. The molecule has 1 aliphatic heterocycles. The summed E-state index contributed by atoms with van der Waals surface area (Å²) in [5.41, 5.74) is 2.24. The number of benzene rings is 2. The molecule has 0 saturated carbocycles. The van der Waals surface area contributed by atoms with E-state index in [1.54, 1.807) is 17.0 Å². The van der Waals surface area contributed by atoms with Gasteiger partial charge in [-0.05, 0) is 18.1 Å². The zero-order valence-electron chi connectivity index (χ0n) is 16.0. The lowest BCUT2D eigenvalue weighted by atomic mass is 10.1. The van der Waals surface area contributed by atoms with Crippen LogP contribution in [0.2, 0.25) is 0 Å². The molecule has 28 heavy (non-hydrogen) atoms. The maximum absolute atomic E-state index is 12.1. The van der Waals surface area contributed by atoms with Gasteiger partial charge in [0.1, 0.15) is 6.10 Å². The first-order chi connectivity index (χ1) is 13.5. The summed E-state index contributed by atoms with van der Waals surface area (Å²) in [5, 5.41) is 10.9. The van der Waals surface area contributed by atoms with Gasteiger partial charge in [-0.3, -0.25) is 15.0 Å². The number of nitrogens with zero attached hydrogens (tertiary/aromatic N) is 3. The SMILES string of the molecule is CCN1CC[C@@H](CN(Cc2ccccc2)Cc2ccc([N+](=O)[O-])cc2)OC1=O. The number of cyclic esters (lactones) is 1. The summed E-state index contributed by atoms with van der Waals surface area (Å²) in [5.74, 6) is 0. The summed E-state index contributed by atoms with van der Waals surface area (Å²) >= 11 is 0. The lowest BCUT2D eigenvalue weighted by Gasteiger charge is -2.34. The molecule has 1 aliphatic rings. The molecule has 1 fully saturated rings. The van der Waals surface area contributed by atoms with E-state index in [1.165, 1.54) is 17.7 Å². The number of amides is 1. The van der Waals surface area contributed by atoms with Crippen LogP contribution < -0.4 is 0 Å². The highest BCUT2D eigenvalue weighted by Gasteiger charge is 2.27. The molecule has 3 rings (SSSR count). The normalized spacial score (nSPS) is 16.9. The lowest BCUT2D eigenvalue weighted by molar-refractivity contribution is -0.384. The summed E-state index contributed by atoms with van der Waals surface area (Å²) in [7, 11) is 0. The largest absolute Gasteiger partial charge is 0.445 e. The third-order valence-electron chi connectivity index (χ3n) is 4.89. The van der Waals surface area contributed by atoms with E-state index >= 15 is 0 Å². The number of ether oxygens (including phenoxy) is 1. The predicted molar refractivity (Wildman–Crippen MR) is 106 cm³/mol. The Morgan fingerprint density at radius 3 is 2.32 bits per heavy atom. The third-order valence-corrected chi connectivity index (χ3v) is 4.89. The number of non-ortho nitro benzene ring substituents is 1. The van der Waals surface area contributed by atoms with E-state index in [0.717, 1.165) is 12.0 Å². The molecule has 148 valence electrons. The van der Waals surface area contributed by atoms with Gasteiger partial charge in [-0.1, -0.05) is 42.5 Å². The Morgan fingerprint density at radius 1 is 1.11 bits per heavy atom. The van der Waals surface area contributed by atoms with E-state index in [0.29, 0.717) is 32.7 Å². The fourth-order valence-electron chi connectivity index (χ4n) is 3.38. The van der Waals surface area contributed by atoms with Crippen molar-refractivity contribution >= 4 is 11.8 Å². The van der Waals surface area contributed by atoms with Crippen molar-refractivity contribution in [1.29, 1.82) is 0 Å². The van der Waals surface area contributed by atoms with Crippen LogP contribution in [0.5, 0.6) is 0 Å². The molecule has 0 aromatic heterocycles. The predicted octanol–water partition coefficient (Wildman–Crippen LogP) is 3.83. The van der Waals surface area contributed by atoms with Gasteiger partial charge in [-0.2, -0.15) is 0 Å². The topological polar surface area (TPSA) is 75.9 Å². The first-order valence-electron chi connectivity index (χ1n) is 9.50. The van der Waals surface area contributed by atoms with Crippen molar-refractivity contribution in [3.8, 4) is 0 Å². The molecule has 0 spiro atoms. The van der Waals surface area contributed by atoms with Crippen LogP contribution in [0.1, 0.15) is 24.5 Å². The highest BCUT2D eigenvalue weighted by atomic mass is 16.6. The zero-order valence-corrected chi connectivity index (χ0v) is 16.0. The molecule has 1 atom stereocenters. The molecular formula is C21H25N3O4. The molecular weight excluding hydrogens is 358 g/mol. The third kappa shape index (κ3) is 5.29. The second-order valence-corrected chi connectivity index (χ2v) is 6.95. The first kappa shape index (κ1) is 19.8. The van der Waals surface area contributed by atoms with Crippen molar-refractivity contribution in [2.24, 2.45) is 0 Å². The molecule has 0 N–H and O–H groups in total. The van der Waals surface area contributed by atoms with Crippen LogP contribution in [0.25, 0.3) is 0 Å². The Balaban J connectivity index is 1.69. The quantitative estimate of drug-likeness (QED) is 0.511. The summed E-state index contributed by atoms with van der Waals surface area (Å²) in [6, 6.07) is 16.7. The van der Waals surface area contributed by atoms with Gasteiger partial charge in [-0.25, -0.2) is 4.79 Å². The second-order valence-electron chi connectivity index (χ2n) is 6.95. The van der Waals surface area contributed by atoms with Gasteiger partial charge < -0.3 is 9.64 Å². The number of nitro groups is 1. The minimum Gasteiger partial charge on any atom is -0.445 e. The highest BCUT2D eigenvalue weighted by Crippen LogP contribution is 2.18. The Bertz CT molecular complexity index is 795. The molecule has 2 aromatic rings. The van der Waals surface area contributed by atoms with Crippen molar-refractivity contribution in [2.75, 3.05) is 19.6 Å². The number of carbonyl (C=O) groups is 1. The van der Waals surface area contributed by atoms with E-state index in [9.17, 15) is 14.9 Å². The smallest absolute Gasteiger partial charge is 0.410 e. The Kier molecular flexibility index (Phi) is 6.60. The van der Waals surface area contributed by atoms with Crippen molar-refractivity contribution in [3.05, 3.63) is 75.8 Å². The van der Waals surface area contributed by atoms with Crippen molar-refractivity contribution in [1.82, 2.24) is 9.80 Å². The maximum atomic E-state index is 12.1. The van der Waals surface area contributed by atoms with E-state index in [-0.39, 0.29) is 17.9 Å². The average molecular weight is 383 g/mol. The summed E-state index contributed by atoms with van der Waals surface area (Å²) in [6.45, 7) is 5.26. The van der Waals surface area contributed by atoms with Gasteiger partial charge in [0, 0.05) is 51.3 Å². The van der Waals surface area contributed by atoms with Gasteiger partial charge in [0.05, 0.1) is 4.92 Å². The lowest BCUT2D eigenvalue weighted by Crippen LogP contribution is -2.45. The minimum atomic E-state index is -0.396. The van der Waals surface area contributed by atoms with Crippen LogP contribution in [0, 0.1) is 10.1 Å². The Labute approximate surface area is 164 Å². The van der Waals surface area contributed by atoms with Crippen LogP contribution in [0.4, 0.5) is 10.5 Å². The highest BCUT2D eigenvalue weighted by molar-refractivity contribution is 5.68. The molecule has 7 heteroatoms. The summed E-state index contributed by atoms with van der Waals surface area (Å²) in [4.78, 5) is 26.4. The molecule has 0 bridgehead atoms. The van der Waals surface area contributed by atoms with Gasteiger partial charge in [0.25, 0.3) is 5.69 Å². The molecule has 7 nitrogen and oxygen atoms in total. The molecule has 0 aliphatic carbocycles. The average Bonchev–Trinajstić information content (AvgIpc) is 2.69. The molecule has 1 saturated heterocycles. The molecule has 2 aromatic carbocycles. The monoisotopic (exact) mass is 383 g/mol. The van der Waals surface area contributed by atoms with E-state index in [4.69, 9.17) is 4.74 Å². The van der Waals surface area contributed by atoms with Crippen LogP contribution in [-0.2, 0) is 17.8 Å². The van der Waals surface area contributed by atoms with E-state index < -0.39 is 4.92 Å². The van der Waals surface area contributed by atoms with Gasteiger partial charge in [0.15, 0.2) is 0 Å². The fraction of sp³-hybridized carbons (Fsp3) is 0.381. The number of hydrogen-bond donors (Lipinski definition) is 0. The number of hydrogen-bond acceptors (Lipinski definition) is 5. The molecule has 1 heterocycles. The van der Waals surface area contributed by atoms with Crippen LogP contribution in [-0.4, -0.2) is 46.6 Å². The van der Waals surface area contributed by atoms with E-state index in [2.05, 4.69) is 17.0 Å². The minimum absolute atomic E-state index is 0.0826. The van der Waals surface area contributed by atoms with Crippen LogP contribution in [0.15, 0.2) is 54.6 Å². The molecule has 0 radical (unpaired) electrons. The van der Waals surface area contributed by atoms with Crippen molar-refractivity contribution < 1.29 is 14.5 Å². The first-order valence-corrected chi connectivity index (χ1v) is 9.50.